The van der Waals surface area contributed by atoms with Crippen LogP contribution in [0.2, 0.25) is 0 Å². The summed E-state index contributed by atoms with van der Waals surface area (Å²) in [6.07, 6.45) is 5.38. The molecule has 0 spiro atoms. The van der Waals surface area contributed by atoms with Gasteiger partial charge in [-0.3, -0.25) is 9.59 Å². The second kappa shape index (κ2) is 16.1. The maximum atomic E-state index is 12.4. The zero-order valence-corrected chi connectivity index (χ0v) is 17.3. The van der Waals surface area contributed by atoms with Crippen molar-refractivity contribution in [2.24, 2.45) is 5.73 Å². The number of thioether (sulfide) groups is 1. The van der Waals surface area contributed by atoms with Crippen LogP contribution in [0.1, 0.15) is 32.1 Å². The highest BCUT2D eigenvalue weighted by atomic mass is 32.2. The predicted octanol–water partition coefficient (Wildman–Crippen LogP) is 0.593. The number of unbranched alkanes of at least 4 members (excludes halogenated alkanes) is 4. The molecule has 1 fully saturated rings. The van der Waals surface area contributed by atoms with Gasteiger partial charge in [0, 0.05) is 19.4 Å². The van der Waals surface area contributed by atoms with Crippen LogP contribution in [0.5, 0.6) is 0 Å². The Balaban J connectivity index is 2.15. The molecule has 1 unspecified atom stereocenters. The van der Waals surface area contributed by atoms with Gasteiger partial charge in [0.25, 0.3) is 0 Å². The number of nitrogens with one attached hydrogen (secondary N) is 1. The molecule has 1 rings (SSSR count). The number of nitrogens with zero attached hydrogens (tertiary/aromatic N) is 1. The Morgan fingerprint density at radius 1 is 1.07 bits per heavy atom. The first-order valence-electron chi connectivity index (χ1n) is 9.70. The Bertz CT molecular complexity index is 378. The van der Waals surface area contributed by atoms with Gasteiger partial charge < -0.3 is 30.2 Å². The highest BCUT2D eigenvalue weighted by molar-refractivity contribution is 7.99. The van der Waals surface area contributed by atoms with Crippen LogP contribution in [-0.2, 0) is 23.8 Å². The van der Waals surface area contributed by atoms with Crippen molar-refractivity contribution < 1.29 is 23.8 Å². The van der Waals surface area contributed by atoms with E-state index in [1.165, 1.54) is 0 Å². The number of hydrogen-bond acceptors (Lipinski definition) is 7. The summed E-state index contributed by atoms with van der Waals surface area (Å²) >= 11 is 1.59. The van der Waals surface area contributed by atoms with Gasteiger partial charge in [0.15, 0.2) is 0 Å². The van der Waals surface area contributed by atoms with Crippen molar-refractivity contribution in [1.82, 2.24) is 10.2 Å². The first-order chi connectivity index (χ1) is 13.2. The first-order valence-corrected chi connectivity index (χ1v) is 10.9. The van der Waals surface area contributed by atoms with Crippen molar-refractivity contribution in [2.75, 3.05) is 64.9 Å². The van der Waals surface area contributed by atoms with Gasteiger partial charge in [-0.1, -0.05) is 19.3 Å². The van der Waals surface area contributed by atoms with Crippen molar-refractivity contribution in [3.05, 3.63) is 0 Å². The lowest BCUT2D eigenvalue weighted by molar-refractivity contribution is -0.142. The number of nitrogens with two attached hydrogens (primary N) is 1. The van der Waals surface area contributed by atoms with E-state index in [2.05, 4.69) is 5.32 Å². The van der Waals surface area contributed by atoms with E-state index < -0.39 is 6.04 Å². The van der Waals surface area contributed by atoms with Gasteiger partial charge in [0.2, 0.25) is 11.8 Å². The molecule has 0 aromatic rings. The average molecular weight is 406 g/mol. The highest BCUT2D eigenvalue weighted by Gasteiger charge is 2.34. The van der Waals surface area contributed by atoms with Crippen LogP contribution < -0.4 is 11.1 Å². The molecule has 2 amide bonds. The zero-order chi connectivity index (χ0) is 19.7. The molecule has 0 aliphatic carbocycles. The van der Waals surface area contributed by atoms with E-state index in [1.807, 2.05) is 0 Å². The normalized spacial score (nSPS) is 16.7. The predicted molar refractivity (Wildman–Crippen MR) is 107 cm³/mol. The minimum absolute atomic E-state index is 0.0287. The van der Waals surface area contributed by atoms with E-state index in [0.29, 0.717) is 44.6 Å². The minimum atomic E-state index is -0.402. The van der Waals surface area contributed by atoms with Gasteiger partial charge in [-0.15, -0.1) is 11.8 Å². The van der Waals surface area contributed by atoms with Gasteiger partial charge in [0.1, 0.15) is 12.6 Å². The van der Waals surface area contributed by atoms with Crippen molar-refractivity contribution in [3.63, 3.8) is 0 Å². The summed E-state index contributed by atoms with van der Waals surface area (Å²) in [5.41, 5.74) is 5.47. The monoisotopic (exact) mass is 405 g/mol. The standard InChI is InChI=1S/C18H35N3O5S/c1-24-9-10-25-11-12-26-13-17(22)21-15-27-14-16(21)18(23)20-8-6-4-2-3-5-7-19/h16H,2-15,19H2,1H3,(H,20,23). The molecular formula is C18H35N3O5S. The second-order valence-corrected chi connectivity index (χ2v) is 7.38. The Hall–Kier alpha value is -0.870. The number of hydrogen-bond donors (Lipinski definition) is 2. The SMILES string of the molecule is COCCOCCOCC(=O)N1CSCC1C(=O)NCCCCCCCN. The number of methoxy groups -OCH3 is 1. The molecule has 9 heteroatoms. The van der Waals surface area contributed by atoms with Crippen molar-refractivity contribution in [3.8, 4) is 0 Å². The molecule has 3 N–H and O–H groups in total. The molecule has 27 heavy (non-hydrogen) atoms. The number of ether oxygens (including phenoxy) is 3. The van der Waals surface area contributed by atoms with Crippen molar-refractivity contribution in [1.29, 1.82) is 0 Å². The molecule has 1 aliphatic heterocycles. The number of carbonyl (C=O) groups is 2. The zero-order valence-electron chi connectivity index (χ0n) is 16.5. The maximum absolute atomic E-state index is 12.4. The van der Waals surface area contributed by atoms with E-state index in [4.69, 9.17) is 19.9 Å². The molecule has 1 atom stereocenters. The maximum Gasteiger partial charge on any atom is 0.249 e. The fraction of sp³-hybridized carbons (Fsp3) is 0.889. The van der Waals surface area contributed by atoms with Crippen LogP contribution in [-0.4, -0.2) is 87.6 Å². The topological polar surface area (TPSA) is 103 Å². The lowest BCUT2D eigenvalue weighted by atomic mass is 10.1. The van der Waals surface area contributed by atoms with E-state index in [0.717, 1.165) is 38.6 Å². The third kappa shape index (κ3) is 10.9. The van der Waals surface area contributed by atoms with Gasteiger partial charge >= 0.3 is 0 Å². The average Bonchev–Trinajstić information content (AvgIpc) is 3.16. The molecule has 0 aromatic carbocycles. The fourth-order valence-electron chi connectivity index (χ4n) is 2.64. The summed E-state index contributed by atoms with van der Waals surface area (Å²) in [6.45, 7) is 3.17. The van der Waals surface area contributed by atoms with E-state index in [-0.39, 0.29) is 18.4 Å². The molecule has 1 saturated heterocycles. The van der Waals surface area contributed by atoms with Gasteiger partial charge in [-0.05, 0) is 19.4 Å². The smallest absolute Gasteiger partial charge is 0.249 e. The first kappa shape index (κ1) is 24.2. The fourth-order valence-corrected chi connectivity index (χ4v) is 3.82. The van der Waals surface area contributed by atoms with Crippen LogP contribution >= 0.6 is 11.8 Å². The third-order valence-electron chi connectivity index (χ3n) is 4.21. The molecule has 0 saturated carbocycles. The Kier molecular flexibility index (Phi) is 14.4. The molecule has 1 heterocycles. The molecule has 0 bridgehead atoms. The summed E-state index contributed by atoms with van der Waals surface area (Å²) in [7, 11) is 1.61. The Morgan fingerprint density at radius 3 is 2.56 bits per heavy atom. The number of rotatable bonds is 16. The Morgan fingerprint density at radius 2 is 1.78 bits per heavy atom. The van der Waals surface area contributed by atoms with Crippen LogP contribution in [0.3, 0.4) is 0 Å². The van der Waals surface area contributed by atoms with Gasteiger partial charge in [-0.25, -0.2) is 0 Å². The van der Waals surface area contributed by atoms with Gasteiger partial charge in [-0.2, -0.15) is 0 Å². The van der Waals surface area contributed by atoms with Crippen molar-refractivity contribution in [2.45, 2.75) is 38.1 Å². The summed E-state index contributed by atoms with van der Waals surface area (Å²) in [4.78, 5) is 26.3. The van der Waals surface area contributed by atoms with Gasteiger partial charge in [0.05, 0.1) is 32.3 Å². The molecule has 8 nitrogen and oxygen atoms in total. The van der Waals surface area contributed by atoms with E-state index >= 15 is 0 Å². The second-order valence-electron chi connectivity index (χ2n) is 6.38. The molecule has 158 valence electrons. The lowest BCUT2D eigenvalue weighted by Crippen LogP contribution is -2.48. The van der Waals surface area contributed by atoms with Crippen molar-refractivity contribution >= 4 is 23.6 Å². The van der Waals surface area contributed by atoms with Crippen LogP contribution in [0.4, 0.5) is 0 Å². The molecular weight excluding hydrogens is 370 g/mol. The molecule has 1 aliphatic rings. The minimum Gasteiger partial charge on any atom is -0.382 e. The lowest BCUT2D eigenvalue weighted by Gasteiger charge is -2.23. The van der Waals surface area contributed by atoms with Crippen LogP contribution in [0, 0.1) is 0 Å². The summed E-state index contributed by atoms with van der Waals surface area (Å²) in [6, 6.07) is -0.402. The molecule has 0 radical (unpaired) electrons. The highest BCUT2D eigenvalue weighted by Crippen LogP contribution is 2.21. The van der Waals surface area contributed by atoms with Crippen LogP contribution in [0.15, 0.2) is 0 Å². The third-order valence-corrected chi connectivity index (χ3v) is 5.23. The largest absolute Gasteiger partial charge is 0.382 e. The summed E-state index contributed by atoms with van der Waals surface area (Å²) < 4.78 is 15.5. The van der Waals surface area contributed by atoms with E-state index in [1.54, 1.807) is 23.8 Å². The van der Waals surface area contributed by atoms with Crippen LogP contribution in [0.25, 0.3) is 0 Å². The summed E-state index contributed by atoms with van der Waals surface area (Å²) in [5, 5.41) is 2.95. The quantitative estimate of drug-likeness (QED) is 0.362. The summed E-state index contributed by atoms with van der Waals surface area (Å²) in [5.74, 6) is 0.940. The Labute approximate surface area is 166 Å². The molecule has 0 aromatic heterocycles. The van der Waals surface area contributed by atoms with E-state index in [9.17, 15) is 9.59 Å². The number of carbonyl (C=O) groups excluding carboxylic acids is 2. The number of amides is 2.